The average molecular weight is 418 g/mol. The Morgan fingerprint density at radius 3 is 2.90 bits per heavy atom. The van der Waals surface area contributed by atoms with Crippen LogP contribution in [0.1, 0.15) is 18.4 Å². The molecule has 0 radical (unpaired) electrons. The maximum absolute atomic E-state index is 14.0. The second kappa shape index (κ2) is 7.75. The number of esters is 1. The van der Waals surface area contributed by atoms with Crippen LogP contribution in [0.2, 0.25) is 0 Å². The molecule has 1 aliphatic heterocycles. The van der Waals surface area contributed by atoms with Gasteiger partial charge in [0.25, 0.3) is 5.91 Å². The lowest BCUT2D eigenvalue weighted by Gasteiger charge is -2.33. The summed E-state index contributed by atoms with van der Waals surface area (Å²) in [6.45, 7) is 1.92. The Kier molecular flexibility index (Phi) is 5.14. The van der Waals surface area contributed by atoms with E-state index in [2.05, 4.69) is 4.98 Å². The van der Waals surface area contributed by atoms with Crippen LogP contribution in [0, 0.1) is 11.6 Å². The lowest BCUT2D eigenvalue weighted by Crippen LogP contribution is -2.46. The number of thiazole rings is 1. The first kappa shape index (κ1) is 19.3. The van der Waals surface area contributed by atoms with Crippen LogP contribution >= 0.6 is 11.3 Å². The highest BCUT2D eigenvalue weighted by Crippen LogP contribution is 2.36. The first-order valence-electron chi connectivity index (χ1n) is 8.93. The second-order valence-electron chi connectivity index (χ2n) is 6.35. The molecule has 0 N–H and O–H groups in total. The largest absolute Gasteiger partial charge is 0.478 e. The number of carbonyl (C=O) groups excluding carboxylic acids is 2. The number of anilines is 1. The van der Waals surface area contributed by atoms with Crippen molar-refractivity contribution in [3.63, 3.8) is 0 Å². The summed E-state index contributed by atoms with van der Waals surface area (Å²) in [6, 6.07) is 8.86. The zero-order chi connectivity index (χ0) is 20.5. The quantitative estimate of drug-likeness (QED) is 0.589. The monoisotopic (exact) mass is 418 g/mol. The van der Waals surface area contributed by atoms with Gasteiger partial charge in [-0.05, 0) is 19.1 Å². The smallest absolute Gasteiger partial charge is 0.310 e. The molecule has 150 valence electrons. The number of carbonyl (C=O) groups is 2. The Morgan fingerprint density at radius 2 is 2.10 bits per heavy atom. The molecule has 0 bridgehead atoms. The van der Waals surface area contributed by atoms with Gasteiger partial charge in [0.15, 0.2) is 6.10 Å². The van der Waals surface area contributed by atoms with Crippen molar-refractivity contribution in [1.82, 2.24) is 4.98 Å². The minimum atomic E-state index is -1.03. The van der Waals surface area contributed by atoms with Crippen molar-refractivity contribution in [2.45, 2.75) is 26.0 Å². The molecule has 0 saturated carbocycles. The number of nitrogens with zero attached hydrogens (tertiary/aromatic N) is 2. The van der Waals surface area contributed by atoms with Crippen molar-refractivity contribution in [2.75, 3.05) is 11.5 Å². The van der Waals surface area contributed by atoms with Gasteiger partial charge >= 0.3 is 5.97 Å². The summed E-state index contributed by atoms with van der Waals surface area (Å²) in [6.07, 6.45) is -1.26. The molecule has 2 aromatic carbocycles. The lowest BCUT2D eigenvalue weighted by atomic mass is 10.1. The van der Waals surface area contributed by atoms with Crippen LogP contribution in [-0.4, -0.2) is 29.6 Å². The normalized spacial score (nSPS) is 15.9. The van der Waals surface area contributed by atoms with Gasteiger partial charge in [0.1, 0.15) is 22.4 Å². The van der Waals surface area contributed by atoms with Crippen LogP contribution in [0.3, 0.4) is 0 Å². The Balaban J connectivity index is 1.66. The topological polar surface area (TPSA) is 68.7 Å². The van der Waals surface area contributed by atoms with Crippen molar-refractivity contribution in [3.8, 4) is 5.75 Å². The number of amides is 1. The van der Waals surface area contributed by atoms with Gasteiger partial charge in [-0.1, -0.05) is 12.1 Å². The van der Waals surface area contributed by atoms with Crippen molar-refractivity contribution in [1.29, 1.82) is 0 Å². The number of halogens is 2. The number of para-hydroxylation sites is 2. The van der Waals surface area contributed by atoms with Crippen molar-refractivity contribution < 1.29 is 27.8 Å². The highest BCUT2D eigenvalue weighted by atomic mass is 32.1. The molecule has 29 heavy (non-hydrogen) atoms. The fourth-order valence-electron chi connectivity index (χ4n) is 3.15. The summed E-state index contributed by atoms with van der Waals surface area (Å²) < 4.78 is 38.3. The van der Waals surface area contributed by atoms with Gasteiger partial charge in [-0.2, -0.15) is 0 Å². The molecule has 1 amide bonds. The van der Waals surface area contributed by atoms with Gasteiger partial charge in [0.2, 0.25) is 0 Å². The molecule has 1 aromatic heterocycles. The van der Waals surface area contributed by atoms with Gasteiger partial charge in [0.05, 0.1) is 35.5 Å². The molecule has 4 rings (SSSR count). The third kappa shape index (κ3) is 3.77. The van der Waals surface area contributed by atoms with E-state index in [1.54, 1.807) is 31.2 Å². The molecule has 0 spiro atoms. The molecule has 3 aromatic rings. The first-order chi connectivity index (χ1) is 14.0. The van der Waals surface area contributed by atoms with E-state index in [0.717, 1.165) is 23.5 Å². The second-order valence-corrected chi connectivity index (χ2v) is 7.43. The van der Waals surface area contributed by atoms with Gasteiger partial charge in [-0.25, -0.2) is 13.8 Å². The summed E-state index contributed by atoms with van der Waals surface area (Å²) in [5.74, 6) is -1.93. The van der Waals surface area contributed by atoms with Gasteiger partial charge in [-0.15, -0.1) is 11.3 Å². The van der Waals surface area contributed by atoms with Crippen molar-refractivity contribution >= 4 is 39.1 Å². The molecule has 0 aliphatic carbocycles. The Morgan fingerprint density at radius 1 is 1.31 bits per heavy atom. The van der Waals surface area contributed by atoms with Crippen molar-refractivity contribution in [3.05, 3.63) is 53.0 Å². The van der Waals surface area contributed by atoms with Crippen molar-refractivity contribution in [2.24, 2.45) is 0 Å². The zero-order valence-electron chi connectivity index (χ0n) is 15.4. The zero-order valence-corrected chi connectivity index (χ0v) is 16.2. The summed E-state index contributed by atoms with van der Waals surface area (Å²) in [7, 11) is 0. The molecule has 1 unspecified atom stereocenters. The predicted molar refractivity (Wildman–Crippen MR) is 103 cm³/mol. The highest BCUT2D eigenvalue weighted by molar-refractivity contribution is 7.18. The Hall–Kier alpha value is -3.07. The fraction of sp³-hybridized carbons (Fsp3) is 0.250. The lowest BCUT2D eigenvalue weighted by molar-refractivity contribution is -0.147. The van der Waals surface area contributed by atoms with E-state index < -0.39 is 29.6 Å². The number of hydrogen-bond donors (Lipinski definition) is 0. The molecular weight excluding hydrogens is 402 g/mol. The van der Waals surface area contributed by atoms with E-state index >= 15 is 0 Å². The minimum absolute atomic E-state index is 0.0406. The SMILES string of the molecule is CCOC(=O)CC1Oc2ccccc2N(Cc2nc3cc(F)cc(F)c3s2)C1=O. The van der Waals surface area contributed by atoms with Crippen LogP contribution in [0.5, 0.6) is 5.75 Å². The molecular formula is C20H16F2N2O4S. The van der Waals surface area contributed by atoms with Gasteiger partial charge < -0.3 is 9.47 Å². The van der Waals surface area contributed by atoms with E-state index in [9.17, 15) is 18.4 Å². The molecule has 9 heteroatoms. The highest BCUT2D eigenvalue weighted by Gasteiger charge is 2.36. The third-order valence-corrected chi connectivity index (χ3v) is 5.44. The van der Waals surface area contributed by atoms with Gasteiger partial charge in [-0.3, -0.25) is 14.5 Å². The molecule has 2 heterocycles. The van der Waals surface area contributed by atoms with E-state index in [1.807, 2.05) is 0 Å². The summed E-state index contributed by atoms with van der Waals surface area (Å²) in [4.78, 5) is 30.6. The molecule has 0 saturated heterocycles. The standard InChI is InChI=1S/C20H16F2N2O4S/c1-2-27-18(25)9-16-20(26)24(14-5-3-4-6-15(14)28-16)10-17-23-13-8-11(21)7-12(22)19(13)29-17/h3-8,16H,2,9-10H2,1H3. The number of ether oxygens (including phenoxy) is 2. The number of rotatable bonds is 5. The van der Waals surface area contributed by atoms with Crippen LogP contribution < -0.4 is 9.64 Å². The van der Waals surface area contributed by atoms with E-state index in [1.165, 1.54) is 4.90 Å². The van der Waals surface area contributed by atoms with Crippen LogP contribution in [0.15, 0.2) is 36.4 Å². The number of fused-ring (bicyclic) bond motifs is 2. The maximum atomic E-state index is 14.0. The Bertz CT molecular complexity index is 1100. The summed E-state index contributed by atoms with van der Waals surface area (Å²) in [5.41, 5.74) is 0.711. The number of hydrogen-bond acceptors (Lipinski definition) is 6. The van der Waals surface area contributed by atoms with E-state index in [-0.39, 0.29) is 29.8 Å². The number of aromatic nitrogens is 1. The summed E-state index contributed by atoms with van der Waals surface area (Å²) >= 11 is 1.05. The molecule has 1 aliphatic rings. The summed E-state index contributed by atoms with van der Waals surface area (Å²) in [5, 5.41) is 0.435. The van der Waals surface area contributed by atoms with E-state index in [4.69, 9.17) is 9.47 Å². The minimum Gasteiger partial charge on any atom is -0.478 e. The molecule has 6 nitrogen and oxygen atoms in total. The van der Waals surface area contributed by atoms with Crippen LogP contribution in [0.25, 0.3) is 10.2 Å². The predicted octanol–water partition coefficient (Wildman–Crippen LogP) is 3.82. The maximum Gasteiger partial charge on any atom is 0.310 e. The fourth-order valence-corrected chi connectivity index (χ4v) is 4.09. The Labute approximate surface area is 168 Å². The van der Waals surface area contributed by atoms with Gasteiger partial charge in [0, 0.05) is 12.1 Å². The van der Waals surface area contributed by atoms with Crippen LogP contribution in [-0.2, 0) is 20.9 Å². The van der Waals surface area contributed by atoms with Crippen LogP contribution in [0.4, 0.5) is 14.5 Å². The first-order valence-corrected chi connectivity index (χ1v) is 9.75. The van der Waals surface area contributed by atoms with E-state index in [0.29, 0.717) is 16.4 Å². The third-order valence-electron chi connectivity index (χ3n) is 4.37. The molecule has 1 atom stereocenters. The molecule has 0 fully saturated rings. The average Bonchev–Trinajstić information content (AvgIpc) is 3.08. The number of benzene rings is 2.